The van der Waals surface area contributed by atoms with Gasteiger partial charge in [-0.1, -0.05) is 31.4 Å². The van der Waals surface area contributed by atoms with Crippen LogP contribution in [0.2, 0.25) is 0 Å². The molecule has 2 fully saturated rings. The van der Waals surface area contributed by atoms with E-state index in [1.807, 2.05) is 0 Å². The Morgan fingerprint density at radius 1 is 1.06 bits per heavy atom. The Morgan fingerprint density at radius 3 is 2.61 bits per heavy atom. The lowest BCUT2D eigenvalue weighted by Crippen LogP contribution is -2.29. The van der Waals surface area contributed by atoms with Gasteiger partial charge in [0.05, 0.1) is 4.92 Å². The van der Waals surface area contributed by atoms with Crippen molar-refractivity contribution in [3.8, 4) is 0 Å². The smallest absolute Gasteiger partial charge is 0.329 e. The van der Waals surface area contributed by atoms with E-state index in [1.165, 1.54) is 63.3 Å². The minimum Gasteiger partial charge on any atom is -0.372 e. The zero-order valence-corrected chi connectivity index (χ0v) is 18.1. The minimum atomic E-state index is -0.422. The fraction of sp³-hybridized carbons (Fsp3) is 0.565. The van der Waals surface area contributed by atoms with Gasteiger partial charge in [-0.25, -0.2) is 4.98 Å². The number of nitro groups is 1. The highest BCUT2D eigenvalue weighted by Gasteiger charge is 2.20. The van der Waals surface area contributed by atoms with E-state index in [-0.39, 0.29) is 5.69 Å². The summed E-state index contributed by atoms with van der Waals surface area (Å²) < 4.78 is 0. The van der Waals surface area contributed by atoms with Gasteiger partial charge >= 0.3 is 5.69 Å². The van der Waals surface area contributed by atoms with Crippen molar-refractivity contribution < 1.29 is 4.92 Å². The minimum absolute atomic E-state index is 0.0755. The maximum Gasteiger partial charge on any atom is 0.329 e. The quantitative estimate of drug-likeness (QED) is 0.456. The van der Waals surface area contributed by atoms with E-state index >= 15 is 0 Å². The van der Waals surface area contributed by atoms with Crippen LogP contribution in [-0.4, -0.2) is 34.5 Å². The van der Waals surface area contributed by atoms with Gasteiger partial charge in [0.15, 0.2) is 0 Å². The molecular weight excluding hydrogens is 392 g/mol. The summed E-state index contributed by atoms with van der Waals surface area (Å²) in [6, 6.07) is 8.51. The molecule has 2 aromatic rings. The summed E-state index contributed by atoms with van der Waals surface area (Å²) in [6.45, 7) is 3.51. The number of nitrogens with one attached hydrogen (secondary N) is 2. The van der Waals surface area contributed by atoms with Gasteiger partial charge in [-0.15, -0.1) is 0 Å². The number of rotatable bonds is 8. The predicted molar refractivity (Wildman–Crippen MR) is 124 cm³/mol. The van der Waals surface area contributed by atoms with E-state index in [2.05, 4.69) is 49.8 Å². The van der Waals surface area contributed by atoms with Crippen molar-refractivity contribution in [3.05, 3.63) is 46.1 Å². The van der Waals surface area contributed by atoms with Crippen molar-refractivity contribution in [1.29, 1.82) is 0 Å². The lowest BCUT2D eigenvalue weighted by atomic mass is 9.89. The number of benzene rings is 1. The molecule has 0 amide bonds. The molecule has 2 N–H and O–H groups in total. The first-order valence-corrected chi connectivity index (χ1v) is 11.5. The summed E-state index contributed by atoms with van der Waals surface area (Å²) in [7, 11) is 0. The highest BCUT2D eigenvalue weighted by molar-refractivity contribution is 5.57. The number of nitrogens with zero attached hydrogens (tertiary/aromatic N) is 4. The molecule has 0 bridgehead atoms. The second-order valence-electron chi connectivity index (χ2n) is 8.64. The largest absolute Gasteiger partial charge is 0.372 e. The summed E-state index contributed by atoms with van der Waals surface area (Å²) in [5.41, 5.74) is 2.31. The molecule has 31 heavy (non-hydrogen) atoms. The van der Waals surface area contributed by atoms with Crippen LogP contribution in [0.3, 0.4) is 0 Å². The summed E-state index contributed by atoms with van der Waals surface area (Å²) >= 11 is 0. The van der Waals surface area contributed by atoms with Gasteiger partial charge in [-0.2, -0.15) is 4.98 Å². The first kappa shape index (κ1) is 21.3. The van der Waals surface area contributed by atoms with Crippen LogP contribution in [0.5, 0.6) is 0 Å². The van der Waals surface area contributed by atoms with Gasteiger partial charge in [-0.3, -0.25) is 10.1 Å². The van der Waals surface area contributed by atoms with Crippen molar-refractivity contribution in [2.75, 3.05) is 35.2 Å². The molecule has 2 heterocycles. The molecule has 8 heteroatoms. The van der Waals surface area contributed by atoms with Crippen LogP contribution in [0.15, 0.2) is 30.5 Å². The van der Waals surface area contributed by atoms with E-state index in [0.717, 1.165) is 25.2 Å². The molecule has 2 aliphatic rings. The summed E-state index contributed by atoms with van der Waals surface area (Å²) in [6.07, 6.45) is 11.2. The Kier molecular flexibility index (Phi) is 7.17. The first-order valence-electron chi connectivity index (χ1n) is 11.5. The van der Waals surface area contributed by atoms with E-state index in [4.69, 9.17) is 0 Å². The fourth-order valence-electron chi connectivity index (χ4n) is 4.55. The average Bonchev–Trinajstić information content (AvgIpc) is 2.83. The fourth-order valence-corrected chi connectivity index (χ4v) is 4.55. The van der Waals surface area contributed by atoms with E-state index in [0.29, 0.717) is 24.2 Å². The van der Waals surface area contributed by atoms with Crippen LogP contribution in [0.25, 0.3) is 0 Å². The second kappa shape index (κ2) is 10.4. The lowest BCUT2D eigenvalue weighted by Gasteiger charge is -2.29. The third-order valence-electron chi connectivity index (χ3n) is 6.33. The van der Waals surface area contributed by atoms with Crippen LogP contribution < -0.4 is 15.5 Å². The van der Waals surface area contributed by atoms with Crippen LogP contribution >= 0.6 is 0 Å². The SMILES string of the molecule is O=[N+]([O-])c1cnc(NCc2cccc(N3CCCCC3)c2)nc1NCC1CCCCC1. The number of hydrogen-bond donors (Lipinski definition) is 2. The van der Waals surface area contributed by atoms with Gasteiger partial charge in [-0.05, 0) is 55.7 Å². The Balaban J connectivity index is 1.40. The molecule has 0 radical (unpaired) electrons. The number of anilines is 3. The number of aromatic nitrogens is 2. The summed E-state index contributed by atoms with van der Waals surface area (Å²) in [4.78, 5) is 22.0. The molecule has 0 unspecified atom stereocenters. The summed E-state index contributed by atoms with van der Waals surface area (Å²) in [5, 5.41) is 17.9. The Bertz CT molecular complexity index is 878. The van der Waals surface area contributed by atoms with Gasteiger partial charge in [0, 0.05) is 31.9 Å². The van der Waals surface area contributed by atoms with Gasteiger partial charge in [0.25, 0.3) is 0 Å². The van der Waals surface area contributed by atoms with Gasteiger partial charge in [0.1, 0.15) is 6.20 Å². The van der Waals surface area contributed by atoms with E-state index in [1.54, 1.807) is 0 Å². The molecule has 1 aromatic heterocycles. The highest BCUT2D eigenvalue weighted by atomic mass is 16.6. The molecule has 1 saturated heterocycles. The predicted octanol–water partition coefficient (Wildman–Crippen LogP) is 4.98. The second-order valence-corrected chi connectivity index (χ2v) is 8.64. The maximum atomic E-state index is 11.4. The van der Waals surface area contributed by atoms with Crippen molar-refractivity contribution in [3.63, 3.8) is 0 Å². The summed E-state index contributed by atoms with van der Waals surface area (Å²) in [5.74, 6) is 1.26. The van der Waals surface area contributed by atoms with Crippen molar-refractivity contribution >= 4 is 23.1 Å². The third kappa shape index (κ3) is 5.83. The molecule has 1 aliphatic heterocycles. The standard InChI is InChI=1S/C23H32N6O2/c30-29(31)21-17-26-23(27-22(21)24-15-18-8-3-1-4-9-18)25-16-19-10-7-11-20(14-19)28-12-5-2-6-13-28/h7,10-11,14,17-18H,1-6,8-9,12-13,15-16H2,(H2,24,25,26,27). The zero-order chi connectivity index (χ0) is 21.5. The van der Waals surface area contributed by atoms with E-state index < -0.39 is 4.92 Å². The van der Waals surface area contributed by atoms with Gasteiger partial charge < -0.3 is 15.5 Å². The molecule has 1 aliphatic carbocycles. The Labute approximate surface area is 183 Å². The third-order valence-corrected chi connectivity index (χ3v) is 6.33. The Morgan fingerprint density at radius 2 is 1.84 bits per heavy atom. The average molecular weight is 425 g/mol. The Hall–Kier alpha value is -2.90. The van der Waals surface area contributed by atoms with Gasteiger partial charge in [0.2, 0.25) is 11.8 Å². The topological polar surface area (TPSA) is 96.2 Å². The lowest BCUT2D eigenvalue weighted by molar-refractivity contribution is -0.384. The van der Waals surface area contributed by atoms with Crippen molar-refractivity contribution in [2.45, 2.75) is 57.9 Å². The number of hydrogen-bond acceptors (Lipinski definition) is 7. The molecule has 166 valence electrons. The molecule has 8 nitrogen and oxygen atoms in total. The monoisotopic (exact) mass is 424 g/mol. The normalized spacial score (nSPS) is 17.4. The van der Waals surface area contributed by atoms with Crippen LogP contribution in [0.4, 0.5) is 23.1 Å². The van der Waals surface area contributed by atoms with Crippen molar-refractivity contribution in [2.24, 2.45) is 5.92 Å². The molecule has 0 spiro atoms. The first-order chi connectivity index (χ1) is 15.2. The molecular formula is C23H32N6O2. The molecule has 4 rings (SSSR count). The van der Waals surface area contributed by atoms with Crippen LogP contribution in [0, 0.1) is 16.0 Å². The zero-order valence-electron chi connectivity index (χ0n) is 18.1. The van der Waals surface area contributed by atoms with E-state index in [9.17, 15) is 10.1 Å². The van der Waals surface area contributed by atoms with Crippen LogP contribution in [-0.2, 0) is 6.54 Å². The van der Waals surface area contributed by atoms with Crippen LogP contribution in [0.1, 0.15) is 56.9 Å². The highest BCUT2D eigenvalue weighted by Crippen LogP contribution is 2.27. The number of piperidine rings is 1. The van der Waals surface area contributed by atoms with Crippen molar-refractivity contribution in [1.82, 2.24) is 9.97 Å². The molecule has 1 aromatic carbocycles. The molecule has 1 saturated carbocycles. The maximum absolute atomic E-state index is 11.4. The molecule has 0 atom stereocenters.